The van der Waals surface area contributed by atoms with Crippen LogP contribution < -0.4 is 5.32 Å². The van der Waals surface area contributed by atoms with Gasteiger partial charge >= 0.3 is 0 Å². The van der Waals surface area contributed by atoms with E-state index in [1.165, 1.54) is 6.07 Å². The van der Waals surface area contributed by atoms with Crippen LogP contribution in [0.4, 0.5) is 11.4 Å². The topological polar surface area (TPSA) is 55.2 Å². The number of nitro groups is 1. The highest BCUT2D eigenvalue weighted by Gasteiger charge is 2.18. The van der Waals surface area contributed by atoms with Crippen molar-refractivity contribution < 1.29 is 4.92 Å². The predicted octanol–water partition coefficient (Wildman–Crippen LogP) is 4.79. The first-order chi connectivity index (χ1) is 8.90. The molecule has 0 saturated carbocycles. The summed E-state index contributed by atoms with van der Waals surface area (Å²) < 4.78 is 0. The van der Waals surface area contributed by atoms with E-state index in [1.807, 2.05) is 6.92 Å². The molecule has 0 aliphatic rings. The van der Waals surface area contributed by atoms with E-state index in [1.54, 1.807) is 6.07 Å². The largest absolute Gasteiger partial charge is 0.382 e. The van der Waals surface area contributed by atoms with Crippen LogP contribution in [0.2, 0.25) is 5.02 Å². The van der Waals surface area contributed by atoms with Crippen LogP contribution in [0.15, 0.2) is 12.1 Å². The fourth-order valence-corrected chi connectivity index (χ4v) is 2.55. The summed E-state index contributed by atoms with van der Waals surface area (Å²) in [5, 5.41) is 14.4. The van der Waals surface area contributed by atoms with E-state index >= 15 is 0 Å². The summed E-state index contributed by atoms with van der Waals surface area (Å²) in [4.78, 5) is 10.4. The van der Waals surface area contributed by atoms with Crippen LogP contribution in [-0.4, -0.2) is 11.0 Å². The molecule has 1 N–H and O–H groups in total. The molecule has 0 bridgehead atoms. The quantitative estimate of drug-likeness (QED) is 0.603. The van der Waals surface area contributed by atoms with Crippen LogP contribution >= 0.6 is 11.6 Å². The molecule has 106 valence electrons. The first-order valence-corrected chi connectivity index (χ1v) is 6.99. The second kappa shape index (κ2) is 6.75. The van der Waals surface area contributed by atoms with Gasteiger partial charge in [-0.1, -0.05) is 38.3 Å². The van der Waals surface area contributed by atoms with Crippen molar-refractivity contribution in [2.45, 2.75) is 46.6 Å². The number of hydrogen-bond acceptors (Lipinski definition) is 3. The lowest BCUT2D eigenvalue weighted by Gasteiger charge is -2.24. The molecule has 0 spiro atoms. The van der Waals surface area contributed by atoms with Crippen LogP contribution in [0.3, 0.4) is 0 Å². The lowest BCUT2D eigenvalue weighted by molar-refractivity contribution is -0.384. The van der Waals surface area contributed by atoms with Crippen molar-refractivity contribution in [3.8, 4) is 0 Å². The van der Waals surface area contributed by atoms with Crippen LogP contribution in [0.25, 0.3) is 0 Å². The molecule has 19 heavy (non-hydrogen) atoms. The number of rotatable bonds is 6. The van der Waals surface area contributed by atoms with E-state index in [0.717, 1.165) is 24.1 Å². The zero-order valence-corrected chi connectivity index (χ0v) is 12.6. The van der Waals surface area contributed by atoms with Crippen LogP contribution in [0, 0.1) is 23.0 Å². The molecule has 0 heterocycles. The molecule has 0 fully saturated rings. The Morgan fingerprint density at radius 1 is 1.37 bits per heavy atom. The average Bonchev–Trinajstić information content (AvgIpc) is 2.34. The Kier molecular flexibility index (Phi) is 5.60. The predicted molar refractivity (Wildman–Crippen MR) is 80.0 cm³/mol. The normalized spacial score (nSPS) is 12.5. The maximum Gasteiger partial charge on any atom is 0.288 e. The Balaban J connectivity index is 2.97. The van der Waals surface area contributed by atoms with Gasteiger partial charge in [-0.15, -0.1) is 0 Å². The molecule has 4 nitrogen and oxygen atoms in total. The summed E-state index contributed by atoms with van der Waals surface area (Å²) in [6.07, 6.45) is 2.20. The van der Waals surface area contributed by atoms with Gasteiger partial charge in [0.25, 0.3) is 5.69 Å². The summed E-state index contributed by atoms with van der Waals surface area (Å²) in [6.45, 7) is 8.32. The third kappa shape index (κ3) is 3.83. The second-order valence-electron chi connectivity index (χ2n) is 4.89. The first-order valence-electron chi connectivity index (χ1n) is 6.61. The Morgan fingerprint density at radius 3 is 2.42 bits per heavy atom. The van der Waals surface area contributed by atoms with Gasteiger partial charge in [-0.25, -0.2) is 0 Å². The number of hydrogen-bond donors (Lipinski definition) is 1. The van der Waals surface area contributed by atoms with E-state index < -0.39 is 4.92 Å². The first kappa shape index (κ1) is 15.8. The van der Waals surface area contributed by atoms with Gasteiger partial charge in [0.15, 0.2) is 0 Å². The van der Waals surface area contributed by atoms with Gasteiger partial charge in [-0.3, -0.25) is 10.1 Å². The van der Waals surface area contributed by atoms with Gasteiger partial charge < -0.3 is 5.32 Å². The van der Waals surface area contributed by atoms with Gasteiger partial charge in [0, 0.05) is 17.8 Å². The molecule has 0 saturated heterocycles. The second-order valence-corrected chi connectivity index (χ2v) is 5.29. The number of nitrogens with one attached hydrogen (secondary N) is 1. The third-order valence-electron chi connectivity index (χ3n) is 3.63. The summed E-state index contributed by atoms with van der Waals surface area (Å²) in [5.41, 5.74) is 1.67. The fraction of sp³-hybridized carbons (Fsp3) is 0.571. The Labute approximate surface area is 119 Å². The zero-order chi connectivity index (χ0) is 14.6. The molecule has 5 heteroatoms. The van der Waals surface area contributed by atoms with E-state index in [2.05, 4.69) is 26.1 Å². The van der Waals surface area contributed by atoms with Crippen molar-refractivity contribution in [2.24, 2.45) is 5.92 Å². The zero-order valence-electron chi connectivity index (χ0n) is 11.9. The Hall–Kier alpha value is -1.29. The van der Waals surface area contributed by atoms with E-state index in [4.69, 9.17) is 11.6 Å². The minimum atomic E-state index is -0.455. The number of aryl methyl sites for hydroxylation is 1. The van der Waals surface area contributed by atoms with Gasteiger partial charge in [0.2, 0.25) is 0 Å². The highest BCUT2D eigenvalue weighted by atomic mass is 35.5. The van der Waals surface area contributed by atoms with Crippen molar-refractivity contribution in [1.29, 1.82) is 0 Å². The van der Waals surface area contributed by atoms with Gasteiger partial charge in [-0.05, 0) is 31.4 Å². The molecular weight excluding hydrogens is 264 g/mol. The Bertz CT molecular complexity index is 459. The van der Waals surface area contributed by atoms with Gasteiger partial charge in [-0.2, -0.15) is 0 Å². The number of halogens is 1. The van der Waals surface area contributed by atoms with Crippen molar-refractivity contribution in [2.75, 3.05) is 5.32 Å². The van der Waals surface area contributed by atoms with E-state index in [0.29, 0.717) is 12.0 Å². The van der Waals surface area contributed by atoms with E-state index in [9.17, 15) is 10.1 Å². The fourth-order valence-electron chi connectivity index (χ4n) is 2.32. The highest BCUT2D eigenvalue weighted by Crippen LogP contribution is 2.31. The molecule has 0 aliphatic heterocycles. The number of nitro benzene ring substituents is 1. The molecule has 1 rings (SSSR count). The maximum absolute atomic E-state index is 10.8. The van der Waals surface area contributed by atoms with Crippen molar-refractivity contribution in [1.82, 2.24) is 0 Å². The summed E-state index contributed by atoms with van der Waals surface area (Å²) in [5.74, 6) is 0.577. The summed E-state index contributed by atoms with van der Waals surface area (Å²) >= 11 is 5.95. The van der Waals surface area contributed by atoms with Gasteiger partial charge in [0.1, 0.15) is 5.02 Å². The lowest BCUT2D eigenvalue weighted by Crippen LogP contribution is -2.25. The lowest BCUT2D eigenvalue weighted by atomic mass is 9.95. The minimum absolute atomic E-state index is 0.0418. The molecular formula is C14H21ClN2O2. The van der Waals surface area contributed by atoms with Crippen LogP contribution in [0.1, 0.15) is 39.2 Å². The standard InChI is InChI=1S/C14H21ClN2O2/c1-5-11(6-2)10(4)16-13-8-12(15)14(17(18)19)7-9(13)3/h7-8,10-11,16H,5-6H2,1-4H3. The number of nitrogens with zero attached hydrogens (tertiary/aromatic N) is 1. The van der Waals surface area contributed by atoms with Crippen LogP contribution in [0.5, 0.6) is 0 Å². The molecule has 0 aromatic heterocycles. The Morgan fingerprint density at radius 2 is 1.95 bits per heavy atom. The molecule has 1 unspecified atom stereocenters. The average molecular weight is 285 g/mol. The minimum Gasteiger partial charge on any atom is -0.382 e. The molecule has 1 atom stereocenters. The van der Waals surface area contributed by atoms with E-state index in [-0.39, 0.29) is 10.7 Å². The molecule has 1 aromatic rings. The molecule has 0 aliphatic carbocycles. The number of anilines is 1. The molecule has 0 radical (unpaired) electrons. The van der Waals surface area contributed by atoms with Crippen molar-refractivity contribution >= 4 is 23.0 Å². The van der Waals surface area contributed by atoms with Crippen molar-refractivity contribution in [3.63, 3.8) is 0 Å². The van der Waals surface area contributed by atoms with Crippen molar-refractivity contribution in [3.05, 3.63) is 32.8 Å². The smallest absolute Gasteiger partial charge is 0.288 e. The number of benzene rings is 1. The molecule has 1 aromatic carbocycles. The maximum atomic E-state index is 10.8. The summed E-state index contributed by atoms with van der Waals surface area (Å²) in [7, 11) is 0. The van der Waals surface area contributed by atoms with Gasteiger partial charge in [0.05, 0.1) is 4.92 Å². The summed E-state index contributed by atoms with van der Waals surface area (Å²) in [6, 6.07) is 3.48. The molecule has 0 amide bonds. The third-order valence-corrected chi connectivity index (χ3v) is 3.93. The van der Waals surface area contributed by atoms with Crippen LogP contribution in [-0.2, 0) is 0 Å². The monoisotopic (exact) mass is 284 g/mol. The SMILES string of the molecule is CCC(CC)C(C)Nc1cc(Cl)c([N+](=O)[O-])cc1C. The highest BCUT2D eigenvalue weighted by molar-refractivity contribution is 6.33.